The Morgan fingerprint density at radius 3 is 1.76 bits per heavy atom. The van der Waals surface area contributed by atoms with Gasteiger partial charge in [0.05, 0.1) is 27.4 Å². The first-order chi connectivity index (χ1) is 21.2. The summed E-state index contributed by atoms with van der Waals surface area (Å²) in [6.45, 7) is 20.9. The van der Waals surface area contributed by atoms with Gasteiger partial charge in [-0.2, -0.15) is 6.42 Å². The summed E-state index contributed by atoms with van der Waals surface area (Å²) in [5.41, 5.74) is 1.43. The van der Waals surface area contributed by atoms with Crippen LogP contribution in [0.2, 0.25) is 0 Å². The molecule has 0 spiro atoms. The van der Waals surface area contributed by atoms with Crippen molar-refractivity contribution in [2.45, 2.75) is 80.6 Å². The Morgan fingerprint density at radius 2 is 1.37 bits per heavy atom. The van der Waals surface area contributed by atoms with Crippen molar-refractivity contribution in [3.63, 3.8) is 0 Å². The standard InChI is InChI=1S/C14H21NO3.C12H17NO2.C4H8O.C4H9.C2H4O.Li/c1-14(2,3)13(17)15-11-6-5-7-12(18-4)10(11)8-9-16;1-12(2,3)11(14)13-9-6-5-7-10(8-9)15-4;1-2-4-5-3-1;1-3-4-2;1-2-3-1;/h5-7,16H,8-9H2,1-4H3,(H,15,17);5-8H,1-4H3,(H,13,14);1-4H2;1,3-4H2,2H3;1-2H2;/q;;;-1;;+1. The second kappa shape index (κ2) is 25.5. The zero-order valence-electron chi connectivity index (χ0n) is 30.2. The minimum atomic E-state index is -0.459. The van der Waals surface area contributed by atoms with E-state index >= 15 is 0 Å². The molecule has 2 amide bonds. The predicted molar refractivity (Wildman–Crippen MR) is 184 cm³/mol. The number of hydrogen-bond acceptors (Lipinski definition) is 7. The molecule has 10 heteroatoms. The number of unbranched alkanes of at least 4 members (excludes halogenated alkanes) is 1. The van der Waals surface area contributed by atoms with Gasteiger partial charge in [0.25, 0.3) is 0 Å². The molecule has 0 saturated carbocycles. The number of epoxide rings is 1. The van der Waals surface area contributed by atoms with Crippen LogP contribution in [0.3, 0.4) is 0 Å². The molecule has 0 atom stereocenters. The largest absolute Gasteiger partial charge is 1.00 e. The Kier molecular flexibility index (Phi) is 25.3. The van der Waals surface area contributed by atoms with E-state index in [0.717, 1.165) is 49.8 Å². The summed E-state index contributed by atoms with van der Waals surface area (Å²) >= 11 is 0. The first-order valence-corrected chi connectivity index (χ1v) is 15.7. The van der Waals surface area contributed by atoms with Crippen LogP contribution < -0.4 is 39.0 Å². The molecule has 0 radical (unpaired) electrons. The summed E-state index contributed by atoms with van der Waals surface area (Å²) in [6.07, 6.45) is 5.28. The molecule has 2 saturated heterocycles. The van der Waals surface area contributed by atoms with Crippen LogP contribution in [0.1, 0.15) is 79.7 Å². The zero-order valence-corrected chi connectivity index (χ0v) is 30.2. The fourth-order valence-corrected chi connectivity index (χ4v) is 3.08. The zero-order chi connectivity index (χ0) is 34.3. The molecule has 9 nitrogen and oxygen atoms in total. The van der Waals surface area contributed by atoms with Crippen molar-refractivity contribution in [2.24, 2.45) is 10.8 Å². The molecule has 2 aromatic rings. The Bertz CT molecular complexity index is 1080. The minimum Gasteiger partial charge on any atom is -0.497 e. The predicted octanol–water partition coefficient (Wildman–Crippen LogP) is 4.33. The smallest absolute Gasteiger partial charge is 0.497 e. The van der Waals surface area contributed by atoms with Crippen LogP contribution in [-0.4, -0.2) is 64.2 Å². The molecule has 2 fully saturated rings. The third-order valence-corrected chi connectivity index (χ3v) is 6.04. The fraction of sp³-hybridized carbons (Fsp3) is 0.583. The van der Waals surface area contributed by atoms with Crippen LogP contribution in [-0.2, 0) is 25.5 Å². The van der Waals surface area contributed by atoms with Crippen molar-refractivity contribution in [3.05, 3.63) is 55.0 Å². The van der Waals surface area contributed by atoms with Gasteiger partial charge in [-0.25, -0.2) is 0 Å². The van der Waals surface area contributed by atoms with E-state index in [9.17, 15) is 9.59 Å². The molecule has 0 bridgehead atoms. The SMILES string of the molecule is C1CCOC1.C1CO1.COc1cccc(NC(=O)C(C)(C)C)c1.COc1cccc(NC(=O)C(C)(C)C)c1CCO.[CH2-]CCC.[Li+]. The van der Waals surface area contributed by atoms with Crippen LogP contribution in [0.15, 0.2) is 42.5 Å². The second-order valence-electron chi connectivity index (χ2n) is 12.4. The molecule has 0 aromatic heterocycles. The summed E-state index contributed by atoms with van der Waals surface area (Å²) in [6, 6.07) is 12.8. The van der Waals surface area contributed by atoms with Crippen molar-refractivity contribution in [3.8, 4) is 11.5 Å². The van der Waals surface area contributed by atoms with Crippen molar-refractivity contribution >= 4 is 23.2 Å². The van der Waals surface area contributed by atoms with Gasteiger partial charge in [-0.05, 0) is 37.1 Å². The number of anilines is 2. The van der Waals surface area contributed by atoms with Gasteiger partial charge in [0.15, 0.2) is 0 Å². The van der Waals surface area contributed by atoms with Gasteiger partial charge < -0.3 is 41.6 Å². The van der Waals surface area contributed by atoms with Gasteiger partial charge in [-0.15, -0.1) is 0 Å². The molecule has 256 valence electrons. The van der Waals surface area contributed by atoms with Crippen molar-refractivity contribution in [1.82, 2.24) is 0 Å². The van der Waals surface area contributed by atoms with E-state index in [1.54, 1.807) is 20.3 Å². The normalized spacial score (nSPS) is 12.8. The monoisotopic (exact) mass is 638 g/mol. The molecule has 2 aliphatic heterocycles. The van der Waals surface area contributed by atoms with E-state index < -0.39 is 5.41 Å². The third-order valence-electron chi connectivity index (χ3n) is 6.04. The number of carbonyl (C=O) groups excluding carboxylic acids is 2. The van der Waals surface area contributed by atoms with Gasteiger partial charge in [0.2, 0.25) is 11.8 Å². The Hall–Kier alpha value is -2.54. The van der Waals surface area contributed by atoms with Crippen molar-refractivity contribution in [2.75, 3.05) is 57.9 Å². The van der Waals surface area contributed by atoms with Gasteiger partial charge in [0.1, 0.15) is 11.5 Å². The average molecular weight is 639 g/mol. The average Bonchev–Trinajstić information content (AvgIpc) is 3.77. The van der Waals surface area contributed by atoms with E-state index in [1.165, 1.54) is 19.3 Å². The number of methoxy groups -OCH3 is 2. The van der Waals surface area contributed by atoms with Crippen molar-refractivity contribution < 1.29 is 52.5 Å². The van der Waals surface area contributed by atoms with Crippen LogP contribution in [0.5, 0.6) is 11.5 Å². The maximum absolute atomic E-state index is 12.0. The summed E-state index contributed by atoms with van der Waals surface area (Å²) in [5.74, 6) is 1.35. The van der Waals surface area contributed by atoms with E-state index in [-0.39, 0.29) is 42.7 Å². The molecule has 0 unspecified atom stereocenters. The van der Waals surface area contributed by atoms with Crippen LogP contribution in [0.25, 0.3) is 0 Å². The number of aliphatic hydroxyl groups excluding tert-OH is 1. The maximum atomic E-state index is 12.0. The van der Waals surface area contributed by atoms with Crippen molar-refractivity contribution in [1.29, 1.82) is 0 Å². The molecule has 3 N–H and O–H groups in total. The first kappa shape index (κ1) is 45.6. The van der Waals surface area contributed by atoms with Crippen LogP contribution in [0, 0.1) is 17.8 Å². The van der Waals surface area contributed by atoms with E-state index in [0.29, 0.717) is 17.9 Å². The Morgan fingerprint density at radius 1 is 0.848 bits per heavy atom. The molecule has 2 aromatic carbocycles. The number of aliphatic hydroxyl groups is 1. The first-order valence-electron chi connectivity index (χ1n) is 15.7. The number of rotatable bonds is 7. The third kappa shape index (κ3) is 22.1. The molecule has 4 rings (SSSR count). The number of hydrogen-bond donors (Lipinski definition) is 3. The molecule has 0 aliphatic carbocycles. The van der Waals surface area contributed by atoms with Crippen LogP contribution in [0.4, 0.5) is 11.4 Å². The number of amides is 2. The Balaban J connectivity index is 0. The Labute approximate surface area is 290 Å². The van der Waals surface area contributed by atoms with Gasteiger partial charge in [-0.3, -0.25) is 9.59 Å². The fourth-order valence-electron chi connectivity index (χ4n) is 3.08. The number of nitrogens with one attached hydrogen (secondary N) is 2. The van der Waals surface area contributed by atoms with Gasteiger partial charge in [0, 0.05) is 60.1 Å². The summed E-state index contributed by atoms with van der Waals surface area (Å²) in [5, 5.41) is 14.8. The molecule has 2 aliphatic rings. The minimum absolute atomic E-state index is 0. The van der Waals surface area contributed by atoms with E-state index in [4.69, 9.17) is 19.3 Å². The molecule has 2 heterocycles. The number of carbonyl (C=O) groups is 2. The summed E-state index contributed by atoms with van der Waals surface area (Å²) < 4.78 is 19.8. The maximum Gasteiger partial charge on any atom is 1.00 e. The van der Waals surface area contributed by atoms with E-state index in [1.807, 2.05) is 77.9 Å². The summed E-state index contributed by atoms with van der Waals surface area (Å²) in [4.78, 5) is 23.7. The van der Waals surface area contributed by atoms with E-state index in [2.05, 4.69) is 29.2 Å². The van der Waals surface area contributed by atoms with Crippen LogP contribution >= 0.6 is 0 Å². The molecule has 46 heavy (non-hydrogen) atoms. The van der Waals surface area contributed by atoms with Gasteiger partial charge in [-0.1, -0.05) is 67.0 Å². The molecular formula is C36H59LiN2O7. The number of ether oxygens (including phenoxy) is 4. The number of benzene rings is 2. The molecular weight excluding hydrogens is 579 g/mol. The summed E-state index contributed by atoms with van der Waals surface area (Å²) in [7, 11) is 3.18. The topological polar surface area (TPSA) is 119 Å². The quantitative estimate of drug-likeness (QED) is 0.235. The second-order valence-corrected chi connectivity index (χ2v) is 12.4. The van der Waals surface area contributed by atoms with Gasteiger partial charge >= 0.3 is 18.9 Å².